The SMILES string of the molecule is COc1ccc(Oc2cc(CNS(=O)(=O)N3CCCCCC3)ccn2)cc1. The Balaban J connectivity index is 1.61. The Morgan fingerprint density at radius 1 is 1.04 bits per heavy atom. The summed E-state index contributed by atoms with van der Waals surface area (Å²) in [6.45, 7) is 1.36. The highest BCUT2D eigenvalue weighted by Gasteiger charge is 2.22. The van der Waals surface area contributed by atoms with E-state index in [0.29, 0.717) is 24.7 Å². The average molecular weight is 391 g/mol. The molecule has 1 saturated heterocycles. The molecule has 8 heteroatoms. The molecule has 1 aliphatic rings. The van der Waals surface area contributed by atoms with Crippen LogP contribution in [0, 0.1) is 0 Å². The molecule has 1 aliphatic heterocycles. The van der Waals surface area contributed by atoms with Gasteiger partial charge in [0.15, 0.2) is 0 Å². The van der Waals surface area contributed by atoms with Crippen LogP contribution < -0.4 is 14.2 Å². The van der Waals surface area contributed by atoms with E-state index >= 15 is 0 Å². The van der Waals surface area contributed by atoms with Gasteiger partial charge in [-0.25, -0.2) is 4.98 Å². The summed E-state index contributed by atoms with van der Waals surface area (Å²) in [7, 11) is -1.87. The summed E-state index contributed by atoms with van der Waals surface area (Å²) in [6, 6.07) is 10.7. The van der Waals surface area contributed by atoms with Gasteiger partial charge in [0, 0.05) is 31.9 Å². The fraction of sp³-hybridized carbons (Fsp3) is 0.421. The molecule has 0 unspecified atom stereocenters. The van der Waals surface area contributed by atoms with Crippen molar-refractivity contribution in [2.75, 3.05) is 20.2 Å². The largest absolute Gasteiger partial charge is 0.497 e. The first-order valence-electron chi connectivity index (χ1n) is 9.08. The van der Waals surface area contributed by atoms with Crippen LogP contribution in [0.15, 0.2) is 42.6 Å². The van der Waals surface area contributed by atoms with Crippen LogP contribution >= 0.6 is 0 Å². The zero-order valence-electron chi connectivity index (χ0n) is 15.4. The van der Waals surface area contributed by atoms with Crippen LogP contribution in [0.5, 0.6) is 17.4 Å². The smallest absolute Gasteiger partial charge is 0.279 e. The molecule has 3 rings (SSSR count). The van der Waals surface area contributed by atoms with Crippen molar-refractivity contribution in [3.63, 3.8) is 0 Å². The molecule has 0 atom stereocenters. The van der Waals surface area contributed by atoms with Crippen molar-refractivity contribution in [1.82, 2.24) is 14.0 Å². The average Bonchev–Trinajstić information content (AvgIpc) is 2.98. The predicted molar refractivity (Wildman–Crippen MR) is 103 cm³/mol. The summed E-state index contributed by atoms with van der Waals surface area (Å²) < 4.78 is 40.1. The summed E-state index contributed by atoms with van der Waals surface area (Å²) >= 11 is 0. The van der Waals surface area contributed by atoms with Crippen LogP contribution in [0.2, 0.25) is 0 Å². The van der Waals surface area contributed by atoms with E-state index in [-0.39, 0.29) is 6.54 Å². The number of nitrogens with zero attached hydrogens (tertiary/aromatic N) is 2. The number of methoxy groups -OCH3 is 1. The summed E-state index contributed by atoms with van der Waals surface area (Å²) in [5.41, 5.74) is 0.784. The molecule has 1 fully saturated rings. The lowest BCUT2D eigenvalue weighted by Crippen LogP contribution is -2.40. The highest BCUT2D eigenvalue weighted by Crippen LogP contribution is 2.23. The molecule has 2 aromatic rings. The summed E-state index contributed by atoms with van der Waals surface area (Å²) in [5, 5.41) is 0. The number of benzene rings is 1. The van der Waals surface area contributed by atoms with E-state index in [9.17, 15) is 8.42 Å². The van der Waals surface area contributed by atoms with E-state index in [2.05, 4.69) is 9.71 Å². The first-order chi connectivity index (χ1) is 13.1. The second-order valence-electron chi connectivity index (χ2n) is 6.42. The second-order valence-corrected chi connectivity index (χ2v) is 8.17. The monoisotopic (exact) mass is 391 g/mol. The Morgan fingerprint density at radius 3 is 2.37 bits per heavy atom. The Kier molecular flexibility index (Phi) is 6.65. The molecule has 0 saturated carbocycles. The third kappa shape index (κ3) is 5.66. The van der Waals surface area contributed by atoms with Crippen LogP contribution in [0.25, 0.3) is 0 Å². The number of ether oxygens (including phenoxy) is 2. The molecule has 1 aromatic heterocycles. The normalized spacial score (nSPS) is 15.9. The van der Waals surface area contributed by atoms with Gasteiger partial charge in [0.25, 0.3) is 10.2 Å². The number of pyridine rings is 1. The van der Waals surface area contributed by atoms with Crippen LogP contribution in [0.4, 0.5) is 0 Å². The Hall–Kier alpha value is -2.16. The van der Waals surface area contributed by atoms with Crippen LogP contribution in [-0.4, -0.2) is 37.9 Å². The maximum atomic E-state index is 12.5. The summed E-state index contributed by atoms with van der Waals surface area (Å²) in [5.74, 6) is 1.78. The van der Waals surface area contributed by atoms with Crippen molar-refractivity contribution >= 4 is 10.2 Å². The summed E-state index contributed by atoms with van der Waals surface area (Å²) in [4.78, 5) is 4.18. The molecule has 27 heavy (non-hydrogen) atoms. The molecule has 2 heterocycles. The second kappa shape index (κ2) is 9.16. The van der Waals surface area contributed by atoms with Gasteiger partial charge in [0.05, 0.1) is 7.11 Å². The van der Waals surface area contributed by atoms with Crippen LogP contribution in [-0.2, 0) is 16.8 Å². The first-order valence-corrected chi connectivity index (χ1v) is 10.5. The maximum Gasteiger partial charge on any atom is 0.279 e. The van der Waals surface area contributed by atoms with Crippen molar-refractivity contribution in [1.29, 1.82) is 0 Å². The van der Waals surface area contributed by atoms with Gasteiger partial charge >= 0.3 is 0 Å². The highest BCUT2D eigenvalue weighted by molar-refractivity contribution is 7.87. The molecular weight excluding hydrogens is 366 g/mol. The molecule has 7 nitrogen and oxygen atoms in total. The van der Waals surface area contributed by atoms with E-state index in [1.165, 1.54) is 4.31 Å². The predicted octanol–water partition coefficient (Wildman–Crippen LogP) is 3.09. The molecule has 1 N–H and O–H groups in total. The van der Waals surface area contributed by atoms with E-state index in [1.807, 2.05) is 0 Å². The first kappa shape index (κ1) is 19.6. The molecule has 0 aliphatic carbocycles. The minimum atomic E-state index is -3.48. The van der Waals surface area contributed by atoms with Gasteiger partial charge in [0.2, 0.25) is 5.88 Å². The lowest BCUT2D eigenvalue weighted by Gasteiger charge is -2.20. The molecule has 0 amide bonds. The Labute approximate surface area is 160 Å². The Bertz CT molecular complexity index is 832. The topological polar surface area (TPSA) is 80.8 Å². The lowest BCUT2D eigenvalue weighted by atomic mass is 10.2. The Morgan fingerprint density at radius 2 is 1.70 bits per heavy atom. The van der Waals surface area contributed by atoms with E-state index < -0.39 is 10.2 Å². The van der Waals surface area contributed by atoms with E-state index in [4.69, 9.17) is 9.47 Å². The van der Waals surface area contributed by atoms with Gasteiger partial charge in [-0.1, -0.05) is 12.8 Å². The van der Waals surface area contributed by atoms with Gasteiger partial charge in [-0.15, -0.1) is 0 Å². The number of hydrogen-bond acceptors (Lipinski definition) is 5. The van der Waals surface area contributed by atoms with Gasteiger partial charge in [-0.05, 0) is 48.7 Å². The highest BCUT2D eigenvalue weighted by atomic mass is 32.2. The van der Waals surface area contributed by atoms with Crippen molar-refractivity contribution in [3.8, 4) is 17.4 Å². The fourth-order valence-electron chi connectivity index (χ4n) is 2.93. The minimum absolute atomic E-state index is 0.195. The van der Waals surface area contributed by atoms with Crippen LogP contribution in [0.3, 0.4) is 0 Å². The fourth-order valence-corrected chi connectivity index (χ4v) is 4.20. The van der Waals surface area contributed by atoms with Crippen molar-refractivity contribution in [3.05, 3.63) is 48.2 Å². The number of nitrogens with one attached hydrogen (secondary N) is 1. The number of hydrogen-bond donors (Lipinski definition) is 1. The number of aromatic nitrogens is 1. The molecule has 0 radical (unpaired) electrons. The molecule has 146 valence electrons. The van der Waals surface area contributed by atoms with Gasteiger partial charge in [-0.2, -0.15) is 17.4 Å². The molecule has 0 bridgehead atoms. The zero-order valence-corrected chi connectivity index (χ0v) is 16.2. The van der Waals surface area contributed by atoms with Gasteiger partial charge in [-0.3, -0.25) is 0 Å². The molecule has 1 aromatic carbocycles. The standard InChI is InChI=1S/C19H25N3O4S/c1-25-17-6-8-18(9-7-17)26-19-14-16(10-11-20-19)15-21-27(23,24)22-12-4-2-3-5-13-22/h6-11,14,21H,2-5,12-13,15H2,1H3. The van der Waals surface area contributed by atoms with Crippen molar-refractivity contribution in [2.24, 2.45) is 0 Å². The van der Waals surface area contributed by atoms with Crippen LogP contribution in [0.1, 0.15) is 31.2 Å². The maximum absolute atomic E-state index is 12.5. The lowest BCUT2D eigenvalue weighted by molar-refractivity contribution is 0.412. The summed E-state index contributed by atoms with van der Waals surface area (Å²) in [6.07, 6.45) is 5.60. The quantitative estimate of drug-likeness (QED) is 0.784. The molecule has 0 spiro atoms. The third-order valence-corrected chi connectivity index (χ3v) is 6.00. The van der Waals surface area contributed by atoms with Crippen molar-refractivity contribution in [2.45, 2.75) is 32.2 Å². The molecular formula is C19H25N3O4S. The van der Waals surface area contributed by atoms with Crippen molar-refractivity contribution < 1.29 is 17.9 Å². The van der Waals surface area contributed by atoms with E-state index in [0.717, 1.165) is 37.0 Å². The third-order valence-electron chi connectivity index (χ3n) is 4.44. The van der Waals surface area contributed by atoms with Gasteiger partial charge in [0.1, 0.15) is 11.5 Å². The van der Waals surface area contributed by atoms with Gasteiger partial charge < -0.3 is 9.47 Å². The van der Waals surface area contributed by atoms with E-state index in [1.54, 1.807) is 49.7 Å². The number of rotatable bonds is 7. The zero-order chi connectivity index (χ0) is 19.1. The minimum Gasteiger partial charge on any atom is -0.497 e.